The number of hydrogen-bond donors (Lipinski definition) is 0. The summed E-state index contributed by atoms with van der Waals surface area (Å²) in [4.78, 5) is 9.38. The minimum Gasteiger partial charge on any atom is -0.245 e. The highest BCUT2D eigenvalue weighted by Gasteiger charge is 2.16. The van der Waals surface area contributed by atoms with Crippen LogP contribution in [-0.2, 0) is 5.41 Å². The summed E-state index contributed by atoms with van der Waals surface area (Å²) in [5.74, 6) is 0. The summed E-state index contributed by atoms with van der Waals surface area (Å²) in [6.07, 6.45) is 0. The molecule has 0 fully saturated rings. The lowest BCUT2D eigenvalue weighted by Gasteiger charge is -2.19. The maximum absolute atomic E-state index is 6.10. The van der Waals surface area contributed by atoms with Crippen molar-refractivity contribution < 1.29 is 0 Å². The molecule has 0 radical (unpaired) electrons. The fourth-order valence-corrected chi connectivity index (χ4v) is 3.37. The second-order valence-electron chi connectivity index (χ2n) is 7.75. The van der Waals surface area contributed by atoms with Gasteiger partial charge in [-0.3, -0.25) is 0 Å². The summed E-state index contributed by atoms with van der Waals surface area (Å²) in [6.45, 7) is 6.67. The maximum atomic E-state index is 6.10. The molecule has 0 bridgehead atoms. The van der Waals surface area contributed by atoms with Crippen molar-refractivity contribution in [1.82, 2.24) is 9.97 Å². The van der Waals surface area contributed by atoms with Crippen molar-refractivity contribution in [3.05, 3.63) is 83.5 Å². The monoisotopic (exact) mass is 372 g/mol. The zero-order chi connectivity index (χ0) is 19.0. The Balaban J connectivity index is 1.94. The van der Waals surface area contributed by atoms with Crippen LogP contribution in [0.1, 0.15) is 26.3 Å². The predicted molar refractivity (Wildman–Crippen MR) is 114 cm³/mol. The third-order valence-corrected chi connectivity index (χ3v) is 4.96. The summed E-state index contributed by atoms with van der Waals surface area (Å²) in [7, 11) is 0. The van der Waals surface area contributed by atoms with E-state index in [0.29, 0.717) is 5.15 Å². The van der Waals surface area contributed by atoms with Gasteiger partial charge in [0.2, 0.25) is 0 Å². The van der Waals surface area contributed by atoms with Crippen LogP contribution >= 0.6 is 11.6 Å². The second kappa shape index (κ2) is 6.79. The quantitative estimate of drug-likeness (QED) is 0.357. The largest absolute Gasteiger partial charge is 0.245 e. The molecule has 2 heterocycles. The van der Waals surface area contributed by atoms with Gasteiger partial charge in [0.05, 0.1) is 16.7 Å². The van der Waals surface area contributed by atoms with Crippen molar-refractivity contribution in [2.24, 2.45) is 0 Å². The molecule has 0 N–H and O–H groups in total. The minimum absolute atomic E-state index is 0.123. The molecule has 0 aliphatic heterocycles. The molecule has 134 valence electrons. The number of nitrogens with zero attached hydrogens (tertiary/aromatic N) is 2. The van der Waals surface area contributed by atoms with Crippen LogP contribution in [-0.4, -0.2) is 9.97 Å². The van der Waals surface area contributed by atoms with Crippen LogP contribution in [0.2, 0.25) is 5.15 Å². The van der Waals surface area contributed by atoms with Crippen LogP contribution in [0.3, 0.4) is 0 Å². The molecule has 4 rings (SSSR count). The zero-order valence-corrected chi connectivity index (χ0v) is 16.5. The molecule has 0 aliphatic rings. The molecule has 2 aromatic heterocycles. The van der Waals surface area contributed by atoms with E-state index < -0.39 is 0 Å². The standard InChI is InChI=1S/C24H21ClN2/c1-24(2,3)18-11-9-17(10-12-18)23-19(16-7-5-4-6-8-16)15-21-20(27-23)13-14-22(25)26-21/h4-15H,1-3H3. The Morgan fingerprint density at radius 3 is 2.07 bits per heavy atom. The third-order valence-electron chi connectivity index (χ3n) is 4.75. The lowest BCUT2D eigenvalue weighted by Crippen LogP contribution is -2.10. The first kappa shape index (κ1) is 17.7. The molecule has 0 amide bonds. The smallest absolute Gasteiger partial charge is 0.129 e. The summed E-state index contributed by atoms with van der Waals surface area (Å²) in [6, 6.07) is 24.8. The maximum Gasteiger partial charge on any atom is 0.129 e. The molecular formula is C24H21ClN2. The highest BCUT2D eigenvalue weighted by Crippen LogP contribution is 2.34. The molecule has 27 heavy (non-hydrogen) atoms. The Bertz CT molecular complexity index is 1090. The van der Waals surface area contributed by atoms with E-state index in [1.165, 1.54) is 5.56 Å². The average Bonchev–Trinajstić information content (AvgIpc) is 2.67. The summed E-state index contributed by atoms with van der Waals surface area (Å²) < 4.78 is 0. The summed E-state index contributed by atoms with van der Waals surface area (Å²) in [5.41, 5.74) is 7.30. The normalized spacial score (nSPS) is 11.7. The molecule has 0 aliphatic carbocycles. The van der Waals surface area contributed by atoms with Crippen LogP contribution in [0.5, 0.6) is 0 Å². The number of halogens is 1. The van der Waals surface area contributed by atoms with Crippen molar-refractivity contribution in [2.45, 2.75) is 26.2 Å². The van der Waals surface area contributed by atoms with Gasteiger partial charge in [-0.25, -0.2) is 9.97 Å². The Labute approximate surface area is 164 Å². The van der Waals surface area contributed by atoms with Gasteiger partial charge in [0.1, 0.15) is 5.15 Å². The van der Waals surface area contributed by atoms with Gasteiger partial charge in [-0.05, 0) is 34.7 Å². The summed E-state index contributed by atoms with van der Waals surface area (Å²) in [5, 5.41) is 0.477. The van der Waals surface area contributed by atoms with Gasteiger partial charge in [-0.2, -0.15) is 0 Å². The molecule has 0 saturated heterocycles. The van der Waals surface area contributed by atoms with E-state index in [-0.39, 0.29) is 5.41 Å². The lowest BCUT2D eigenvalue weighted by molar-refractivity contribution is 0.590. The van der Waals surface area contributed by atoms with E-state index in [2.05, 4.69) is 68.2 Å². The van der Waals surface area contributed by atoms with Gasteiger partial charge in [0.15, 0.2) is 0 Å². The van der Waals surface area contributed by atoms with Gasteiger partial charge < -0.3 is 0 Å². The van der Waals surface area contributed by atoms with Gasteiger partial charge in [-0.1, -0.05) is 87.0 Å². The van der Waals surface area contributed by atoms with Crippen LogP contribution in [0.15, 0.2) is 72.8 Å². The first-order chi connectivity index (χ1) is 12.9. The average molecular weight is 373 g/mol. The molecule has 0 atom stereocenters. The van der Waals surface area contributed by atoms with E-state index in [1.807, 2.05) is 24.3 Å². The fourth-order valence-electron chi connectivity index (χ4n) is 3.22. The molecule has 2 aromatic carbocycles. The van der Waals surface area contributed by atoms with E-state index >= 15 is 0 Å². The van der Waals surface area contributed by atoms with Gasteiger partial charge in [0.25, 0.3) is 0 Å². The number of hydrogen-bond acceptors (Lipinski definition) is 2. The topological polar surface area (TPSA) is 25.8 Å². The SMILES string of the molecule is CC(C)(C)c1ccc(-c2nc3ccc(Cl)nc3cc2-c2ccccc2)cc1. The Hall–Kier alpha value is -2.71. The first-order valence-corrected chi connectivity index (χ1v) is 9.43. The highest BCUT2D eigenvalue weighted by molar-refractivity contribution is 6.29. The van der Waals surface area contributed by atoms with Crippen molar-refractivity contribution in [2.75, 3.05) is 0 Å². The molecule has 0 unspecified atom stereocenters. The van der Waals surface area contributed by atoms with E-state index in [0.717, 1.165) is 33.4 Å². The van der Waals surface area contributed by atoms with Crippen LogP contribution in [0.4, 0.5) is 0 Å². The third kappa shape index (κ3) is 3.58. The van der Waals surface area contributed by atoms with E-state index in [4.69, 9.17) is 16.6 Å². The molecule has 0 saturated carbocycles. The Morgan fingerprint density at radius 1 is 0.704 bits per heavy atom. The number of rotatable bonds is 2. The molecule has 3 heteroatoms. The zero-order valence-electron chi connectivity index (χ0n) is 15.7. The molecule has 2 nitrogen and oxygen atoms in total. The Morgan fingerprint density at radius 2 is 1.41 bits per heavy atom. The molecular weight excluding hydrogens is 352 g/mol. The van der Waals surface area contributed by atoms with Crippen molar-refractivity contribution in [3.63, 3.8) is 0 Å². The van der Waals surface area contributed by atoms with Gasteiger partial charge in [-0.15, -0.1) is 0 Å². The summed E-state index contributed by atoms with van der Waals surface area (Å²) >= 11 is 6.10. The van der Waals surface area contributed by atoms with E-state index in [9.17, 15) is 0 Å². The fraction of sp³-hybridized carbons (Fsp3) is 0.167. The number of fused-ring (bicyclic) bond motifs is 1. The van der Waals surface area contributed by atoms with Gasteiger partial charge in [0, 0.05) is 11.1 Å². The van der Waals surface area contributed by atoms with Crippen LogP contribution < -0.4 is 0 Å². The van der Waals surface area contributed by atoms with Crippen LogP contribution in [0.25, 0.3) is 33.4 Å². The minimum atomic E-state index is 0.123. The first-order valence-electron chi connectivity index (χ1n) is 9.05. The highest BCUT2D eigenvalue weighted by atomic mass is 35.5. The molecule has 0 spiro atoms. The Kier molecular flexibility index (Phi) is 4.45. The number of aromatic nitrogens is 2. The van der Waals surface area contributed by atoms with Crippen LogP contribution in [0, 0.1) is 0 Å². The van der Waals surface area contributed by atoms with Crippen molar-refractivity contribution >= 4 is 22.6 Å². The predicted octanol–water partition coefficient (Wildman–Crippen LogP) is 6.91. The lowest BCUT2D eigenvalue weighted by atomic mass is 9.86. The second-order valence-corrected chi connectivity index (χ2v) is 8.14. The number of benzene rings is 2. The number of pyridine rings is 2. The van der Waals surface area contributed by atoms with Crippen molar-refractivity contribution in [3.8, 4) is 22.4 Å². The molecule has 4 aromatic rings. The van der Waals surface area contributed by atoms with Gasteiger partial charge >= 0.3 is 0 Å². The van der Waals surface area contributed by atoms with Crippen molar-refractivity contribution in [1.29, 1.82) is 0 Å². The van der Waals surface area contributed by atoms with E-state index in [1.54, 1.807) is 6.07 Å².